The van der Waals surface area contributed by atoms with Gasteiger partial charge in [-0.25, -0.2) is 18.1 Å². The zero-order valence-electron chi connectivity index (χ0n) is 17.4. The Kier molecular flexibility index (Phi) is 7.25. The predicted molar refractivity (Wildman–Crippen MR) is 116 cm³/mol. The first-order valence-corrected chi connectivity index (χ1v) is 11.3. The second-order valence-corrected chi connectivity index (χ2v) is 8.61. The van der Waals surface area contributed by atoms with E-state index in [9.17, 15) is 8.42 Å². The van der Waals surface area contributed by atoms with Crippen LogP contribution in [0.15, 0.2) is 59.6 Å². The van der Waals surface area contributed by atoms with Gasteiger partial charge in [0.1, 0.15) is 18.2 Å². The van der Waals surface area contributed by atoms with E-state index in [4.69, 9.17) is 9.47 Å². The van der Waals surface area contributed by atoms with E-state index in [-0.39, 0.29) is 4.90 Å². The van der Waals surface area contributed by atoms with Crippen molar-refractivity contribution in [3.8, 4) is 17.0 Å². The third-order valence-electron chi connectivity index (χ3n) is 4.72. The van der Waals surface area contributed by atoms with Gasteiger partial charge in [0.05, 0.1) is 29.4 Å². The van der Waals surface area contributed by atoms with Crippen LogP contribution in [0.1, 0.15) is 30.8 Å². The molecule has 0 aliphatic rings. The lowest BCUT2D eigenvalue weighted by Gasteiger charge is -2.16. The van der Waals surface area contributed by atoms with Gasteiger partial charge >= 0.3 is 0 Å². The summed E-state index contributed by atoms with van der Waals surface area (Å²) in [6.07, 6.45) is 2.27. The molecule has 2 aromatic carbocycles. The number of ether oxygens (including phenoxy) is 2. The van der Waals surface area contributed by atoms with E-state index < -0.39 is 16.1 Å². The van der Waals surface area contributed by atoms with Crippen molar-refractivity contribution in [3.05, 3.63) is 66.1 Å². The number of nitrogens with zero attached hydrogens (tertiary/aromatic N) is 1. The number of hydrogen-bond acceptors (Lipinski definition) is 5. The van der Waals surface area contributed by atoms with Gasteiger partial charge in [0.2, 0.25) is 10.0 Å². The molecule has 0 saturated heterocycles. The normalized spacial score (nSPS) is 12.6. The van der Waals surface area contributed by atoms with Gasteiger partial charge in [-0.05, 0) is 42.7 Å². The molecule has 1 unspecified atom stereocenters. The highest BCUT2D eigenvalue weighted by molar-refractivity contribution is 7.89. The Morgan fingerprint density at radius 1 is 1.13 bits per heavy atom. The van der Waals surface area contributed by atoms with Gasteiger partial charge in [-0.1, -0.05) is 37.3 Å². The summed E-state index contributed by atoms with van der Waals surface area (Å²) >= 11 is 0. The molecular weight excluding hydrogens is 402 g/mol. The number of benzene rings is 2. The van der Waals surface area contributed by atoms with Crippen LogP contribution >= 0.6 is 0 Å². The number of aryl methyl sites for hydroxylation is 1. The van der Waals surface area contributed by atoms with Gasteiger partial charge in [-0.2, -0.15) is 0 Å². The van der Waals surface area contributed by atoms with Gasteiger partial charge in [0.15, 0.2) is 0 Å². The van der Waals surface area contributed by atoms with E-state index in [1.807, 2.05) is 44.2 Å². The molecule has 0 aliphatic heterocycles. The fraction of sp³-hybridized carbons (Fsp3) is 0.318. The Morgan fingerprint density at radius 3 is 2.57 bits per heavy atom. The fourth-order valence-electron chi connectivity index (χ4n) is 3.05. The standard InChI is InChI=1S/C22H27N3O4S/c1-4-19(22-23-15-20(24-22)17-8-6-5-7-9-17)25-30(26,27)18-10-11-21(16(2)14-18)29-13-12-28-3/h5-11,14-15,19,25H,4,12-13H2,1-3H3,(H,23,24). The molecule has 0 aliphatic carbocycles. The lowest BCUT2D eigenvalue weighted by Crippen LogP contribution is -2.29. The molecule has 2 N–H and O–H groups in total. The zero-order valence-corrected chi connectivity index (χ0v) is 18.2. The fourth-order valence-corrected chi connectivity index (χ4v) is 4.42. The Balaban J connectivity index is 1.76. The largest absolute Gasteiger partial charge is 0.491 e. The van der Waals surface area contributed by atoms with Gasteiger partial charge in [-0.3, -0.25) is 0 Å². The van der Waals surface area contributed by atoms with Gasteiger partial charge < -0.3 is 14.5 Å². The highest BCUT2D eigenvalue weighted by Gasteiger charge is 2.23. The highest BCUT2D eigenvalue weighted by Crippen LogP contribution is 2.25. The lowest BCUT2D eigenvalue weighted by atomic mass is 10.2. The number of nitrogens with one attached hydrogen (secondary N) is 2. The number of aromatic amines is 1. The molecule has 1 atom stereocenters. The van der Waals surface area contributed by atoms with Crippen LogP contribution in [0.2, 0.25) is 0 Å². The molecule has 3 rings (SSSR count). The summed E-state index contributed by atoms with van der Waals surface area (Å²) in [7, 11) is -2.13. The molecule has 0 fully saturated rings. The summed E-state index contributed by atoms with van der Waals surface area (Å²) in [5.74, 6) is 1.22. The van der Waals surface area contributed by atoms with Crippen molar-refractivity contribution in [2.24, 2.45) is 0 Å². The van der Waals surface area contributed by atoms with Crippen molar-refractivity contribution in [2.45, 2.75) is 31.2 Å². The lowest BCUT2D eigenvalue weighted by molar-refractivity contribution is 0.146. The predicted octanol–water partition coefficient (Wildman–Crippen LogP) is 3.84. The van der Waals surface area contributed by atoms with E-state index in [1.165, 1.54) is 0 Å². The molecule has 160 valence electrons. The quantitative estimate of drug-likeness (QED) is 0.478. The number of methoxy groups -OCH3 is 1. The molecule has 0 bridgehead atoms. The van der Waals surface area contributed by atoms with E-state index >= 15 is 0 Å². The number of H-pyrrole nitrogens is 1. The minimum Gasteiger partial charge on any atom is -0.491 e. The van der Waals surface area contributed by atoms with Crippen molar-refractivity contribution >= 4 is 10.0 Å². The van der Waals surface area contributed by atoms with Gasteiger partial charge in [0.25, 0.3) is 0 Å². The second-order valence-electron chi connectivity index (χ2n) is 6.90. The van der Waals surface area contributed by atoms with Crippen molar-refractivity contribution in [3.63, 3.8) is 0 Å². The first-order valence-electron chi connectivity index (χ1n) is 9.79. The molecule has 0 saturated carbocycles. The van der Waals surface area contributed by atoms with Crippen LogP contribution in [0.4, 0.5) is 0 Å². The van der Waals surface area contributed by atoms with Crippen molar-refractivity contribution < 1.29 is 17.9 Å². The van der Waals surface area contributed by atoms with Crippen LogP contribution in [0, 0.1) is 6.92 Å². The van der Waals surface area contributed by atoms with Crippen LogP contribution in [0.3, 0.4) is 0 Å². The topological polar surface area (TPSA) is 93.3 Å². The van der Waals surface area contributed by atoms with Crippen molar-refractivity contribution in [1.29, 1.82) is 0 Å². The maximum absolute atomic E-state index is 13.0. The second kappa shape index (κ2) is 9.88. The van der Waals surface area contributed by atoms with E-state index in [0.29, 0.717) is 31.2 Å². The summed E-state index contributed by atoms with van der Waals surface area (Å²) in [6.45, 7) is 4.60. The molecule has 1 aromatic heterocycles. The third kappa shape index (κ3) is 5.27. The van der Waals surface area contributed by atoms with Gasteiger partial charge in [-0.15, -0.1) is 0 Å². The molecule has 30 heavy (non-hydrogen) atoms. The molecule has 0 amide bonds. The highest BCUT2D eigenvalue weighted by atomic mass is 32.2. The van der Waals surface area contributed by atoms with Crippen LogP contribution in [-0.2, 0) is 14.8 Å². The number of rotatable bonds is 10. The summed E-state index contributed by atoms with van der Waals surface area (Å²) in [5, 5.41) is 0. The van der Waals surface area contributed by atoms with E-state index in [2.05, 4.69) is 14.7 Å². The van der Waals surface area contributed by atoms with E-state index in [1.54, 1.807) is 31.5 Å². The van der Waals surface area contributed by atoms with Crippen LogP contribution < -0.4 is 9.46 Å². The summed E-state index contributed by atoms with van der Waals surface area (Å²) < 4.78 is 39.3. The molecule has 8 heteroatoms. The molecule has 3 aromatic rings. The van der Waals surface area contributed by atoms with Crippen LogP contribution in [-0.4, -0.2) is 38.7 Å². The SMILES string of the molecule is CCC(NS(=O)(=O)c1ccc(OCCOC)c(C)c1)c1ncc(-c2ccccc2)[nH]1. The minimum atomic E-state index is -3.73. The molecular formula is C22H27N3O4S. The Hall–Kier alpha value is -2.68. The Morgan fingerprint density at radius 2 is 1.90 bits per heavy atom. The monoisotopic (exact) mass is 429 g/mol. The molecule has 1 heterocycles. The smallest absolute Gasteiger partial charge is 0.241 e. The van der Waals surface area contributed by atoms with Crippen LogP contribution in [0.25, 0.3) is 11.3 Å². The van der Waals surface area contributed by atoms with Crippen molar-refractivity contribution in [2.75, 3.05) is 20.3 Å². The van der Waals surface area contributed by atoms with E-state index in [0.717, 1.165) is 16.8 Å². The zero-order chi connectivity index (χ0) is 21.6. The Labute approximate surface area is 177 Å². The maximum Gasteiger partial charge on any atom is 0.241 e. The summed E-state index contributed by atoms with van der Waals surface area (Å²) in [6, 6.07) is 14.1. The van der Waals surface area contributed by atoms with Crippen LogP contribution in [0.5, 0.6) is 5.75 Å². The number of sulfonamides is 1. The Bertz CT molecular complexity index is 1060. The number of aromatic nitrogens is 2. The molecule has 0 radical (unpaired) electrons. The first-order chi connectivity index (χ1) is 14.4. The first kappa shape index (κ1) is 22.0. The molecule has 7 nitrogen and oxygen atoms in total. The summed E-state index contributed by atoms with van der Waals surface area (Å²) in [5.41, 5.74) is 2.58. The van der Waals surface area contributed by atoms with Gasteiger partial charge in [0, 0.05) is 7.11 Å². The molecule has 0 spiro atoms. The average Bonchev–Trinajstić information content (AvgIpc) is 3.24. The maximum atomic E-state index is 13.0. The average molecular weight is 430 g/mol. The minimum absolute atomic E-state index is 0.187. The number of imidazole rings is 1. The number of hydrogen-bond donors (Lipinski definition) is 2. The summed E-state index contributed by atoms with van der Waals surface area (Å²) in [4.78, 5) is 7.82. The third-order valence-corrected chi connectivity index (χ3v) is 6.19. The van der Waals surface area contributed by atoms with Crippen molar-refractivity contribution in [1.82, 2.24) is 14.7 Å².